The van der Waals surface area contributed by atoms with Crippen LogP contribution in [-0.4, -0.2) is 0 Å². The summed E-state index contributed by atoms with van der Waals surface area (Å²) in [5.41, 5.74) is 3.53. The predicted molar refractivity (Wildman–Crippen MR) is 55.5 cm³/mol. The zero-order valence-corrected chi connectivity index (χ0v) is 8.26. The third-order valence-corrected chi connectivity index (χ3v) is 4.14. The van der Waals surface area contributed by atoms with Gasteiger partial charge in [0, 0.05) is 0 Å². The fourth-order valence-corrected chi connectivity index (χ4v) is 3.45. The first-order valence-electron chi connectivity index (χ1n) is 5.84. The smallest absolute Gasteiger partial charge is 0.00962 e. The summed E-state index contributed by atoms with van der Waals surface area (Å²) in [6, 6.07) is 0. The number of rotatable bonds is 0. The van der Waals surface area contributed by atoms with Gasteiger partial charge in [-0.15, -0.1) is 0 Å². The minimum absolute atomic E-state index is 0.972. The van der Waals surface area contributed by atoms with Crippen LogP contribution in [0.1, 0.15) is 44.9 Å². The van der Waals surface area contributed by atoms with E-state index in [-0.39, 0.29) is 0 Å². The van der Waals surface area contributed by atoms with Crippen molar-refractivity contribution < 1.29 is 0 Å². The maximum Gasteiger partial charge on any atom is -0.00962 e. The van der Waals surface area contributed by atoms with Crippen LogP contribution in [0.5, 0.6) is 0 Å². The Hall–Kier alpha value is -0.520. The molecule has 2 unspecified atom stereocenters. The van der Waals surface area contributed by atoms with Crippen molar-refractivity contribution in [3.8, 4) is 0 Å². The van der Waals surface area contributed by atoms with Crippen LogP contribution >= 0.6 is 0 Å². The van der Waals surface area contributed by atoms with Crippen molar-refractivity contribution in [3.63, 3.8) is 0 Å². The summed E-state index contributed by atoms with van der Waals surface area (Å²) < 4.78 is 0. The van der Waals surface area contributed by atoms with Crippen molar-refractivity contribution in [1.29, 1.82) is 0 Å². The molecule has 0 aromatic heterocycles. The van der Waals surface area contributed by atoms with Gasteiger partial charge < -0.3 is 0 Å². The molecule has 0 heteroatoms. The highest BCUT2D eigenvalue weighted by atomic mass is 14.4. The van der Waals surface area contributed by atoms with E-state index in [4.69, 9.17) is 0 Å². The monoisotopic (exact) mass is 174 g/mol. The maximum atomic E-state index is 2.40. The van der Waals surface area contributed by atoms with E-state index in [1.165, 1.54) is 44.9 Å². The SMILES string of the molecule is C1=C2CC(=C1)C1CCCCCCC21. The Balaban J connectivity index is 1.83. The summed E-state index contributed by atoms with van der Waals surface area (Å²) in [7, 11) is 0. The summed E-state index contributed by atoms with van der Waals surface area (Å²) in [5.74, 6) is 1.94. The van der Waals surface area contributed by atoms with Crippen molar-refractivity contribution in [2.24, 2.45) is 11.8 Å². The number of allylic oxidation sites excluding steroid dienone is 4. The first-order chi connectivity index (χ1) is 6.45. The zero-order chi connectivity index (χ0) is 8.67. The predicted octanol–water partition coefficient (Wildman–Crippen LogP) is 3.84. The Kier molecular flexibility index (Phi) is 1.81. The van der Waals surface area contributed by atoms with Crippen LogP contribution in [0.3, 0.4) is 0 Å². The Bertz CT molecular complexity index is 242. The number of hydrogen-bond donors (Lipinski definition) is 0. The summed E-state index contributed by atoms with van der Waals surface area (Å²) in [4.78, 5) is 0. The van der Waals surface area contributed by atoms with Gasteiger partial charge in [0.1, 0.15) is 0 Å². The third kappa shape index (κ3) is 1.19. The topological polar surface area (TPSA) is 0 Å². The lowest BCUT2D eigenvalue weighted by Crippen LogP contribution is -2.14. The highest BCUT2D eigenvalue weighted by Gasteiger charge is 2.36. The Morgan fingerprint density at radius 3 is 1.85 bits per heavy atom. The van der Waals surface area contributed by atoms with Crippen molar-refractivity contribution in [1.82, 2.24) is 0 Å². The second-order valence-electron chi connectivity index (χ2n) is 4.86. The van der Waals surface area contributed by atoms with Crippen molar-refractivity contribution >= 4 is 0 Å². The molecule has 0 amide bonds. The molecule has 0 aromatic carbocycles. The van der Waals surface area contributed by atoms with Gasteiger partial charge in [-0.05, 0) is 31.1 Å². The zero-order valence-electron chi connectivity index (χ0n) is 8.26. The molecule has 0 spiro atoms. The molecule has 0 nitrogen and oxygen atoms in total. The van der Waals surface area contributed by atoms with E-state index in [2.05, 4.69) is 12.2 Å². The van der Waals surface area contributed by atoms with Crippen molar-refractivity contribution in [2.75, 3.05) is 0 Å². The molecular formula is C13H18. The lowest BCUT2D eigenvalue weighted by atomic mass is 9.79. The Morgan fingerprint density at radius 1 is 0.769 bits per heavy atom. The summed E-state index contributed by atoms with van der Waals surface area (Å²) in [6.45, 7) is 0. The molecule has 0 aliphatic heterocycles. The lowest BCUT2D eigenvalue weighted by Gasteiger charge is -2.25. The molecule has 2 fully saturated rings. The van der Waals surface area contributed by atoms with Crippen LogP contribution in [0.15, 0.2) is 23.3 Å². The van der Waals surface area contributed by atoms with Crippen LogP contribution in [0.2, 0.25) is 0 Å². The summed E-state index contributed by atoms with van der Waals surface area (Å²) in [6.07, 6.45) is 15.0. The van der Waals surface area contributed by atoms with Crippen LogP contribution in [0.4, 0.5) is 0 Å². The molecule has 0 N–H and O–H groups in total. The average molecular weight is 174 g/mol. The normalized spacial score (nSPS) is 37.5. The van der Waals surface area contributed by atoms with E-state index < -0.39 is 0 Å². The molecule has 2 atom stereocenters. The van der Waals surface area contributed by atoms with Crippen LogP contribution in [0, 0.1) is 11.8 Å². The van der Waals surface area contributed by atoms with E-state index in [1.54, 1.807) is 11.1 Å². The quantitative estimate of drug-likeness (QED) is 0.523. The summed E-state index contributed by atoms with van der Waals surface area (Å²) >= 11 is 0. The lowest BCUT2D eigenvalue weighted by molar-refractivity contribution is 0.358. The molecular weight excluding hydrogens is 156 g/mol. The van der Waals surface area contributed by atoms with E-state index in [9.17, 15) is 0 Å². The van der Waals surface area contributed by atoms with Crippen LogP contribution in [0.25, 0.3) is 0 Å². The standard InChI is InChI=1S/C13H18/c1-2-4-6-13-11-8-7-10(9-11)12(13)5-3-1/h7-8,12-13H,1-6,9H2. The van der Waals surface area contributed by atoms with Gasteiger partial charge in [-0.1, -0.05) is 49.0 Å². The van der Waals surface area contributed by atoms with E-state index >= 15 is 0 Å². The molecule has 3 aliphatic rings. The second-order valence-corrected chi connectivity index (χ2v) is 4.86. The molecule has 13 heavy (non-hydrogen) atoms. The van der Waals surface area contributed by atoms with Gasteiger partial charge in [0.15, 0.2) is 0 Å². The van der Waals surface area contributed by atoms with Gasteiger partial charge in [0.05, 0.1) is 0 Å². The fraction of sp³-hybridized carbons (Fsp3) is 0.692. The molecule has 70 valence electrons. The molecule has 3 aliphatic carbocycles. The fourth-order valence-electron chi connectivity index (χ4n) is 3.45. The molecule has 2 saturated carbocycles. The summed E-state index contributed by atoms with van der Waals surface area (Å²) in [5, 5.41) is 0. The first-order valence-corrected chi connectivity index (χ1v) is 5.84. The average Bonchev–Trinajstić information content (AvgIpc) is 2.62. The van der Waals surface area contributed by atoms with Gasteiger partial charge >= 0.3 is 0 Å². The van der Waals surface area contributed by atoms with Crippen molar-refractivity contribution in [3.05, 3.63) is 23.3 Å². The van der Waals surface area contributed by atoms with Gasteiger partial charge in [-0.3, -0.25) is 0 Å². The van der Waals surface area contributed by atoms with Gasteiger partial charge in [-0.2, -0.15) is 0 Å². The second kappa shape index (κ2) is 3.01. The number of fused-ring (bicyclic) bond motifs is 5. The molecule has 2 bridgehead atoms. The highest BCUT2D eigenvalue weighted by Crippen LogP contribution is 2.50. The molecule has 0 saturated heterocycles. The Labute approximate surface area is 80.7 Å². The van der Waals surface area contributed by atoms with Crippen LogP contribution in [-0.2, 0) is 0 Å². The molecule has 0 radical (unpaired) electrons. The maximum absolute atomic E-state index is 2.40. The van der Waals surface area contributed by atoms with E-state index in [0.717, 1.165) is 11.8 Å². The molecule has 3 rings (SSSR count). The molecule has 0 aromatic rings. The van der Waals surface area contributed by atoms with E-state index in [1.807, 2.05) is 0 Å². The number of hydrogen-bond acceptors (Lipinski definition) is 0. The minimum Gasteiger partial charge on any atom is -0.0625 e. The van der Waals surface area contributed by atoms with Gasteiger partial charge in [-0.25, -0.2) is 0 Å². The van der Waals surface area contributed by atoms with Gasteiger partial charge in [0.2, 0.25) is 0 Å². The highest BCUT2D eigenvalue weighted by molar-refractivity contribution is 5.41. The van der Waals surface area contributed by atoms with Crippen molar-refractivity contribution in [2.45, 2.75) is 44.9 Å². The third-order valence-electron chi connectivity index (χ3n) is 4.14. The Morgan fingerprint density at radius 2 is 1.31 bits per heavy atom. The van der Waals surface area contributed by atoms with E-state index in [0.29, 0.717) is 0 Å². The van der Waals surface area contributed by atoms with Gasteiger partial charge in [0.25, 0.3) is 0 Å². The largest absolute Gasteiger partial charge is 0.0625 e. The molecule has 0 heterocycles. The first kappa shape index (κ1) is 7.84. The van der Waals surface area contributed by atoms with Crippen LogP contribution < -0.4 is 0 Å². The minimum atomic E-state index is 0.972.